The number of hydrogen-bond donors (Lipinski definition) is 1. The first kappa shape index (κ1) is 23.2. The second-order valence-electron chi connectivity index (χ2n) is 8.53. The van der Waals surface area contributed by atoms with Crippen molar-refractivity contribution in [3.8, 4) is 17.0 Å². The molecule has 182 valence electrons. The summed E-state index contributed by atoms with van der Waals surface area (Å²) in [5.74, 6) is -1.77. The Bertz CT molecular complexity index is 1390. The minimum absolute atomic E-state index is 0.0148. The first-order valence-corrected chi connectivity index (χ1v) is 11.3. The highest BCUT2D eigenvalue weighted by Gasteiger charge is 2.39. The molecule has 3 heterocycles. The summed E-state index contributed by atoms with van der Waals surface area (Å²) in [6, 6.07) is 13.6. The number of nitrogens with zero attached hydrogens (tertiary/aromatic N) is 3. The van der Waals surface area contributed by atoms with Crippen molar-refractivity contribution in [2.24, 2.45) is 0 Å². The van der Waals surface area contributed by atoms with Gasteiger partial charge in [-0.15, -0.1) is 0 Å². The molecule has 0 radical (unpaired) electrons. The molecular formula is C26H21FN4O5. The van der Waals surface area contributed by atoms with Crippen molar-refractivity contribution in [1.82, 2.24) is 15.2 Å². The second kappa shape index (κ2) is 9.21. The number of anilines is 1. The maximum Gasteiger partial charge on any atom is 0.419 e. The van der Waals surface area contributed by atoms with Gasteiger partial charge in [-0.1, -0.05) is 18.2 Å². The third-order valence-electron chi connectivity index (χ3n) is 6.25. The zero-order valence-electron chi connectivity index (χ0n) is 19.2. The standard InChI is InChI=1S/C26H21FN4O5/c1-30(21-8-6-15(12-19(21)27)20-4-2-3-11-28-20)26(35)36-17-7-5-16-14-31(25(34)18(16)13-17)22-9-10-23(32)29-24(22)33/h2-8,11-13,22H,9-10,14H2,1H3,(H,29,32,33). The summed E-state index contributed by atoms with van der Waals surface area (Å²) in [4.78, 5) is 56.0. The molecule has 2 aliphatic heterocycles. The zero-order chi connectivity index (χ0) is 25.4. The van der Waals surface area contributed by atoms with E-state index in [1.165, 1.54) is 36.2 Å². The highest BCUT2D eigenvalue weighted by molar-refractivity contribution is 6.05. The molecule has 0 spiro atoms. The van der Waals surface area contributed by atoms with E-state index >= 15 is 0 Å². The maximum atomic E-state index is 14.8. The van der Waals surface area contributed by atoms with Crippen LogP contribution in [0.15, 0.2) is 60.8 Å². The number of piperidine rings is 1. The molecule has 1 aromatic heterocycles. The van der Waals surface area contributed by atoms with E-state index in [1.54, 1.807) is 36.5 Å². The SMILES string of the molecule is CN(C(=O)Oc1ccc2c(c1)C(=O)N(C1CCC(=O)NC1=O)C2)c1ccc(-c2ccccn2)cc1F. The minimum Gasteiger partial charge on any atom is -0.410 e. The number of benzene rings is 2. The van der Waals surface area contributed by atoms with Crippen molar-refractivity contribution in [3.63, 3.8) is 0 Å². The summed E-state index contributed by atoms with van der Waals surface area (Å²) in [5.41, 5.74) is 2.16. The highest BCUT2D eigenvalue weighted by atomic mass is 19.1. The number of imide groups is 1. The molecule has 1 N–H and O–H groups in total. The van der Waals surface area contributed by atoms with Gasteiger partial charge in [0.15, 0.2) is 0 Å². The van der Waals surface area contributed by atoms with Gasteiger partial charge >= 0.3 is 6.09 Å². The van der Waals surface area contributed by atoms with Gasteiger partial charge in [-0.2, -0.15) is 0 Å². The predicted octanol–water partition coefficient (Wildman–Crippen LogP) is 3.28. The molecule has 1 fully saturated rings. The molecule has 1 saturated heterocycles. The van der Waals surface area contributed by atoms with E-state index in [4.69, 9.17) is 4.74 Å². The van der Waals surface area contributed by atoms with Gasteiger partial charge < -0.3 is 9.64 Å². The normalized spacial score (nSPS) is 17.0. The molecule has 0 bridgehead atoms. The van der Waals surface area contributed by atoms with E-state index in [0.717, 1.165) is 4.90 Å². The fraction of sp³-hybridized carbons (Fsp3) is 0.192. The molecule has 36 heavy (non-hydrogen) atoms. The highest BCUT2D eigenvalue weighted by Crippen LogP contribution is 2.31. The number of hydrogen-bond acceptors (Lipinski definition) is 6. The van der Waals surface area contributed by atoms with Gasteiger partial charge in [-0.3, -0.25) is 29.6 Å². The fourth-order valence-electron chi connectivity index (χ4n) is 4.34. The molecule has 4 amide bonds. The van der Waals surface area contributed by atoms with Crippen LogP contribution in [0.1, 0.15) is 28.8 Å². The molecule has 0 aliphatic carbocycles. The Kier molecular flexibility index (Phi) is 5.93. The van der Waals surface area contributed by atoms with Gasteiger partial charge in [-0.05, 0) is 48.4 Å². The maximum absolute atomic E-state index is 14.8. The van der Waals surface area contributed by atoms with E-state index in [9.17, 15) is 23.6 Å². The lowest BCUT2D eigenvalue weighted by molar-refractivity contribution is -0.136. The summed E-state index contributed by atoms with van der Waals surface area (Å²) in [7, 11) is 1.38. The van der Waals surface area contributed by atoms with Gasteiger partial charge in [0.2, 0.25) is 11.8 Å². The van der Waals surface area contributed by atoms with Crippen LogP contribution in [-0.4, -0.2) is 46.8 Å². The van der Waals surface area contributed by atoms with Crippen LogP contribution in [0.4, 0.5) is 14.9 Å². The summed E-state index contributed by atoms with van der Waals surface area (Å²) < 4.78 is 20.2. The molecule has 0 saturated carbocycles. The van der Waals surface area contributed by atoms with E-state index in [0.29, 0.717) is 22.4 Å². The average Bonchev–Trinajstić information content (AvgIpc) is 3.19. The van der Waals surface area contributed by atoms with E-state index < -0.39 is 23.9 Å². The van der Waals surface area contributed by atoms with Crippen LogP contribution in [0.2, 0.25) is 0 Å². The fourth-order valence-corrected chi connectivity index (χ4v) is 4.34. The van der Waals surface area contributed by atoms with Crippen molar-refractivity contribution >= 4 is 29.5 Å². The van der Waals surface area contributed by atoms with Crippen LogP contribution < -0.4 is 15.0 Å². The number of carbonyl (C=O) groups excluding carboxylic acids is 4. The zero-order valence-corrected chi connectivity index (χ0v) is 19.2. The molecule has 1 unspecified atom stereocenters. The minimum atomic E-state index is -0.841. The summed E-state index contributed by atoms with van der Waals surface area (Å²) in [6.45, 7) is 0.211. The number of halogens is 1. The number of ether oxygens (including phenoxy) is 1. The second-order valence-corrected chi connectivity index (χ2v) is 8.53. The Morgan fingerprint density at radius 1 is 1.14 bits per heavy atom. The number of pyridine rings is 1. The van der Waals surface area contributed by atoms with Crippen LogP contribution in [0.3, 0.4) is 0 Å². The smallest absolute Gasteiger partial charge is 0.410 e. The lowest BCUT2D eigenvalue weighted by Gasteiger charge is -2.29. The summed E-state index contributed by atoms with van der Waals surface area (Å²) in [5, 5.41) is 2.26. The molecule has 2 aliphatic rings. The van der Waals surface area contributed by atoms with E-state index in [1.807, 2.05) is 0 Å². The van der Waals surface area contributed by atoms with Crippen molar-refractivity contribution < 1.29 is 28.3 Å². The number of amides is 4. The molecule has 9 nitrogen and oxygen atoms in total. The van der Waals surface area contributed by atoms with Gasteiger partial charge in [0.1, 0.15) is 17.6 Å². The third kappa shape index (κ3) is 4.28. The number of carbonyl (C=O) groups is 4. The number of aromatic nitrogens is 1. The van der Waals surface area contributed by atoms with Crippen molar-refractivity contribution in [2.45, 2.75) is 25.4 Å². The van der Waals surface area contributed by atoms with E-state index in [-0.39, 0.29) is 42.6 Å². The Morgan fingerprint density at radius 2 is 1.97 bits per heavy atom. The van der Waals surface area contributed by atoms with Crippen molar-refractivity contribution in [2.75, 3.05) is 11.9 Å². The Hall–Kier alpha value is -4.60. The molecular weight excluding hydrogens is 467 g/mol. The summed E-state index contributed by atoms with van der Waals surface area (Å²) >= 11 is 0. The van der Waals surface area contributed by atoms with Crippen LogP contribution in [-0.2, 0) is 16.1 Å². The Balaban J connectivity index is 1.29. The van der Waals surface area contributed by atoms with Gasteiger partial charge in [0, 0.05) is 37.3 Å². The molecule has 5 rings (SSSR count). The van der Waals surface area contributed by atoms with Crippen molar-refractivity contribution in [1.29, 1.82) is 0 Å². The predicted molar refractivity (Wildman–Crippen MR) is 127 cm³/mol. The molecule has 10 heteroatoms. The molecule has 2 aromatic carbocycles. The average molecular weight is 488 g/mol. The Morgan fingerprint density at radius 3 is 2.69 bits per heavy atom. The number of fused-ring (bicyclic) bond motifs is 1. The van der Waals surface area contributed by atoms with E-state index in [2.05, 4.69) is 10.3 Å². The van der Waals surface area contributed by atoms with Gasteiger partial charge in [-0.25, -0.2) is 9.18 Å². The lowest BCUT2D eigenvalue weighted by Crippen LogP contribution is -2.52. The third-order valence-corrected chi connectivity index (χ3v) is 6.25. The molecule has 1 atom stereocenters. The monoisotopic (exact) mass is 488 g/mol. The quantitative estimate of drug-likeness (QED) is 0.565. The van der Waals surface area contributed by atoms with Crippen LogP contribution in [0, 0.1) is 5.82 Å². The van der Waals surface area contributed by atoms with Crippen LogP contribution in [0.25, 0.3) is 11.3 Å². The first-order chi connectivity index (χ1) is 17.3. The van der Waals surface area contributed by atoms with Crippen LogP contribution in [0.5, 0.6) is 5.75 Å². The topological polar surface area (TPSA) is 109 Å². The summed E-state index contributed by atoms with van der Waals surface area (Å²) in [6.07, 6.45) is 1.18. The van der Waals surface area contributed by atoms with Crippen LogP contribution >= 0.6 is 0 Å². The first-order valence-electron chi connectivity index (χ1n) is 11.3. The molecule has 3 aromatic rings. The lowest BCUT2D eigenvalue weighted by atomic mass is 10.0. The largest absolute Gasteiger partial charge is 0.419 e. The number of rotatable bonds is 4. The van der Waals surface area contributed by atoms with Crippen molar-refractivity contribution in [3.05, 3.63) is 77.7 Å². The van der Waals surface area contributed by atoms with Gasteiger partial charge in [0.05, 0.1) is 11.4 Å². The van der Waals surface area contributed by atoms with Gasteiger partial charge in [0.25, 0.3) is 5.91 Å². The Labute approximate surface area is 205 Å². The number of nitrogens with one attached hydrogen (secondary N) is 1.